The number of nitrogens with one attached hydrogen (secondary N) is 1. The van der Waals surface area contributed by atoms with E-state index in [-0.39, 0.29) is 5.82 Å². The Morgan fingerprint density at radius 2 is 1.92 bits per heavy atom. The quantitative estimate of drug-likeness (QED) is 0.723. The van der Waals surface area contributed by atoms with Gasteiger partial charge >= 0.3 is 0 Å². The second-order valence-electron chi connectivity index (χ2n) is 5.78. The molecule has 0 atom stereocenters. The van der Waals surface area contributed by atoms with E-state index in [1.54, 1.807) is 12.1 Å². The minimum absolute atomic E-state index is 0.233. The normalized spacial score (nSPS) is 11.3. The summed E-state index contributed by atoms with van der Waals surface area (Å²) >= 11 is 0. The summed E-state index contributed by atoms with van der Waals surface area (Å²) in [5.74, 6) is -0.233. The van der Waals surface area contributed by atoms with Gasteiger partial charge in [-0.05, 0) is 37.7 Å². The summed E-state index contributed by atoms with van der Waals surface area (Å²) in [6, 6.07) is 6.48. The lowest BCUT2D eigenvalue weighted by molar-refractivity contribution is 0.271. The maximum Gasteiger partial charge on any atom is 0.123 e. The van der Waals surface area contributed by atoms with Crippen LogP contribution in [0.3, 0.4) is 0 Å². The number of halogens is 1. The summed E-state index contributed by atoms with van der Waals surface area (Å²) in [5.41, 5.74) is 4.19. The Hall–Kier alpha value is -2.47. The van der Waals surface area contributed by atoms with E-state index in [9.17, 15) is 4.39 Å². The third kappa shape index (κ3) is 3.71. The molecule has 0 saturated heterocycles. The number of hydrogen-bond acceptors (Lipinski definition) is 3. The largest absolute Gasteiger partial charge is 0.295 e. The lowest BCUT2D eigenvalue weighted by Gasteiger charge is -2.19. The van der Waals surface area contributed by atoms with Crippen molar-refractivity contribution >= 4 is 0 Å². The number of aromatic nitrogens is 4. The third-order valence-electron chi connectivity index (χ3n) is 4.11. The Kier molecular flexibility index (Phi) is 5.05. The van der Waals surface area contributed by atoms with Gasteiger partial charge in [-0.3, -0.25) is 14.7 Å². The maximum atomic E-state index is 13.1. The fourth-order valence-electron chi connectivity index (χ4n) is 2.74. The van der Waals surface area contributed by atoms with Crippen LogP contribution in [0.25, 0.3) is 11.3 Å². The van der Waals surface area contributed by atoms with Gasteiger partial charge in [0.15, 0.2) is 0 Å². The molecule has 0 aliphatic heterocycles. The van der Waals surface area contributed by atoms with Gasteiger partial charge < -0.3 is 0 Å². The number of aryl methyl sites for hydroxylation is 1. The Bertz CT molecular complexity index is 775. The smallest absolute Gasteiger partial charge is 0.123 e. The number of aromatic amines is 1. The Labute approximate surface area is 141 Å². The molecular formula is C18H22FN5. The van der Waals surface area contributed by atoms with Gasteiger partial charge in [-0.2, -0.15) is 10.2 Å². The number of benzene rings is 1. The van der Waals surface area contributed by atoms with Gasteiger partial charge in [0.05, 0.1) is 18.1 Å². The molecule has 3 rings (SSSR count). The number of nitrogens with zero attached hydrogens (tertiary/aromatic N) is 4. The van der Waals surface area contributed by atoms with Gasteiger partial charge in [-0.25, -0.2) is 4.39 Å². The van der Waals surface area contributed by atoms with Crippen molar-refractivity contribution < 1.29 is 4.39 Å². The van der Waals surface area contributed by atoms with Crippen molar-refractivity contribution in [2.45, 2.75) is 33.5 Å². The molecule has 0 bridgehead atoms. The molecule has 6 heteroatoms. The number of hydrogen-bond donors (Lipinski definition) is 1. The first-order valence-corrected chi connectivity index (χ1v) is 8.21. The molecule has 1 N–H and O–H groups in total. The van der Waals surface area contributed by atoms with Crippen LogP contribution in [0.1, 0.15) is 25.0 Å². The van der Waals surface area contributed by atoms with E-state index < -0.39 is 0 Å². The van der Waals surface area contributed by atoms with E-state index in [1.165, 1.54) is 17.7 Å². The zero-order valence-corrected chi connectivity index (χ0v) is 14.0. The molecule has 0 spiro atoms. The van der Waals surface area contributed by atoms with Crippen LogP contribution in [0.15, 0.2) is 42.9 Å². The van der Waals surface area contributed by atoms with Crippen molar-refractivity contribution in [3.8, 4) is 11.3 Å². The van der Waals surface area contributed by atoms with E-state index in [1.807, 2.05) is 17.1 Å². The summed E-state index contributed by atoms with van der Waals surface area (Å²) in [7, 11) is 0. The zero-order chi connectivity index (χ0) is 16.9. The van der Waals surface area contributed by atoms with Gasteiger partial charge in [0.1, 0.15) is 5.82 Å². The lowest BCUT2D eigenvalue weighted by atomic mass is 10.1. The first-order valence-electron chi connectivity index (χ1n) is 8.21. The molecule has 0 radical (unpaired) electrons. The SMILES string of the molecule is CCN(Cc1cnn(CC)c1)Cc1cn[nH]c1-c1ccc(F)cc1. The highest BCUT2D eigenvalue weighted by Gasteiger charge is 2.13. The lowest BCUT2D eigenvalue weighted by Crippen LogP contribution is -2.22. The maximum absolute atomic E-state index is 13.1. The van der Waals surface area contributed by atoms with E-state index >= 15 is 0 Å². The van der Waals surface area contributed by atoms with Crippen LogP contribution in [0, 0.1) is 5.82 Å². The molecule has 0 fully saturated rings. The standard InChI is InChI=1S/C18H22FN5/c1-3-23(11-14-9-21-24(4-2)12-14)13-16-10-20-22-18(16)15-5-7-17(19)8-6-15/h5-10,12H,3-4,11,13H2,1-2H3,(H,20,22). The van der Waals surface area contributed by atoms with Crippen LogP contribution < -0.4 is 0 Å². The van der Waals surface area contributed by atoms with Crippen LogP contribution in [0.2, 0.25) is 0 Å². The van der Waals surface area contributed by atoms with Gasteiger partial charge in [-0.1, -0.05) is 6.92 Å². The van der Waals surface area contributed by atoms with E-state index in [2.05, 4.69) is 40.2 Å². The molecule has 5 nitrogen and oxygen atoms in total. The topological polar surface area (TPSA) is 49.7 Å². The number of H-pyrrole nitrogens is 1. The summed E-state index contributed by atoms with van der Waals surface area (Å²) in [5, 5.41) is 11.5. The molecule has 3 aromatic rings. The first-order chi connectivity index (χ1) is 11.7. The second-order valence-corrected chi connectivity index (χ2v) is 5.78. The van der Waals surface area contributed by atoms with Crippen molar-refractivity contribution in [1.82, 2.24) is 24.9 Å². The van der Waals surface area contributed by atoms with E-state index in [0.29, 0.717) is 0 Å². The molecule has 126 valence electrons. The molecule has 1 aromatic carbocycles. The van der Waals surface area contributed by atoms with Crippen molar-refractivity contribution in [2.75, 3.05) is 6.54 Å². The van der Waals surface area contributed by atoms with Crippen molar-refractivity contribution in [2.24, 2.45) is 0 Å². The van der Waals surface area contributed by atoms with Gasteiger partial charge in [0.25, 0.3) is 0 Å². The van der Waals surface area contributed by atoms with Gasteiger partial charge in [-0.15, -0.1) is 0 Å². The fraction of sp³-hybridized carbons (Fsp3) is 0.333. The molecular weight excluding hydrogens is 305 g/mol. The number of rotatable bonds is 7. The molecule has 0 saturated carbocycles. The van der Waals surface area contributed by atoms with E-state index in [4.69, 9.17) is 0 Å². The van der Waals surface area contributed by atoms with Crippen LogP contribution in [0.4, 0.5) is 4.39 Å². The third-order valence-corrected chi connectivity index (χ3v) is 4.11. The van der Waals surface area contributed by atoms with Crippen LogP contribution in [0.5, 0.6) is 0 Å². The second kappa shape index (κ2) is 7.40. The molecule has 2 aromatic heterocycles. The molecule has 0 aliphatic rings. The molecule has 0 amide bonds. The monoisotopic (exact) mass is 327 g/mol. The first kappa shape index (κ1) is 16.4. The van der Waals surface area contributed by atoms with Crippen molar-refractivity contribution in [3.05, 3.63) is 59.8 Å². The average molecular weight is 327 g/mol. The minimum Gasteiger partial charge on any atom is -0.295 e. The predicted octanol–water partition coefficient (Wildman–Crippen LogP) is 3.45. The summed E-state index contributed by atoms with van der Waals surface area (Å²) < 4.78 is 15.1. The van der Waals surface area contributed by atoms with Crippen LogP contribution in [-0.2, 0) is 19.6 Å². The Morgan fingerprint density at radius 3 is 2.58 bits per heavy atom. The van der Waals surface area contributed by atoms with Crippen LogP contribution >= 0.6 is 0 Å². The summed E-state index contributed by atoms with van der Waals surface area (Å²) in [6.45, 7) is 7.63. The Morgan fingerprint density at radius 1 is 1.12 bits per heavy atom. The van der Waals surface area contributed by atoms with Crippen LogP contribution in [-0.4, -0.2) is 31.4 Å². The van der Waals surface area contributed by atoms with Gasteiger partial charge in [0, 0.05) is 42.5 Å². The van der Waals surface area contributed by atoms with E-state index in [0.717, 1.165) is 43.0 Å². The van der Waals surface area contributed by atoms with Crippen molar-refractivity contribution in [3.63, 3.8) is 0 Å². The van der Waals surface area contributed by atoms with Gasteiger partial charge in [0.2, 0.25) is 0 Å². The van der Waals surface area contributed by atoms with Crippen molar-refractivity contribution in [1.29, 1.82) is 0 Å². The summed E-state index contributed by atoms with van der Waals surface area (Å²) in [4.78, 5) is 2.33. The zero-order valence-electron chi connectivity index (χ0n) is 14.0. The average Bonchev–Trinajstić information content (AvgIpc) is 3.24. The fourth-order valence-corrected chi connectivity index (χ4v) is 2.74. The summed E-state index contributed by atoms with van der Waals surface area (Å²) in [6.07, 6.45) is 5.85. The molecule has 0 unspecified atom stereocenters. The predicted molar refractivity (Wildman–Crippen MR) is 91.7 cm³/mol. The molecule has 24 heavy (non-hydrogen) atoms. The molecule has 0 aliphatic carbocycles. The Balaban J connectivity index is 1.74. The highest BCUT2D eigenvalue weighted by Crippen LogP contribution is 2.23. The molecule has 2 heterocycles. The highest BCUT2D eigenvalue weighted by atomic mass is 19.1. The highest BCUT2D eigenvalue weighted by molar-refractivity contribution is 5.62. The minimum atomic E-state index is -0.233.